The summed E-state index contributed by atoms with van der Waals surface area (Å²) >= 11 is 0. The minimum atomic E-state index is 0.0267. The standard InChI is InChI=1S/C18H26N2O2/c21-18(19-16-8-4-5-9-16)12-17-14-20(10-11-22-17)13-15-6-2-1-3-7-15/h1-3,6-7,16-17H,4-5,8-14H2,(H,19,21)/t17-/m1/s1. The van der Waals surface area contributed by atoms with Crippen LogP contribution in [0.4, 0.5) is 0 Å². The number of morpholine rings is 1. The Hall–Kier alpha value is -1.39. The van der Waals surface area contributed by atoms with Crippen molar-refractivity contribution in [2.75, 3.05) is 19.7 Å². The van der Waals surface area contributed by atoms with Gasteiger partial charge in [0.15, 0.2) is 0 Å². The van der Waals surface area contributed by atoms with Crippen molar-refractivity contribution < 1.29 is 9.53 Å². The molecule has 3 rings (SSSR count). The van der Waals surface area contributed by atoms with Gasteiger partial charge in [-0.15, -0.1) is 0 Å². The summed E-state index contributed by atoms with van der Waals surface area (Å²) in [6.07, 6.45) is 5.28. The molecule has 22 heavy (non-hydrogen) atoms. The largest absolute Gasteiger partial charge is 0.375 e. The third kappa shape index (κ3) is 4.55. The molecule has 1 atom stereocenters. The van der Waals surface area contributed by atoms with Gasteiger partial charge in [-0.3, -0.25) is 9.69 Å². The molecule has 0 bridgehead atoms. The number of carbonyl (C=O) groups is 1. The first-order valence-electron chi connectivity index (χ1n) is 8.47. The van der Waals surface area contributed by atoms with Gasteiger partial charge in [0, 0.05) is 25.7 Å². The number of benzene rings is 1. The smallest absolute Gasteiger partial charge is 0.222 e. The fourth-order valence-electron chi connectivity index (χ4n) is 3.45. The van der Waals surface area contributed by atoms with Crippen molar-refractivity contribution in [2.24, 2.45) is 0 Å². The molecule has 1 aromatic rings. The molecule has 2 fully saturated rings. The third-order valence-electron chi connectivity index (χ3n) is 4.61. The van der Waals surface area contributed by atoms with Crippen molar-refractivity contribution in [2.45, 2.75) is 50.8 Å². The second kappa shape index (κ2) is 7.75. The van der Waals surface area contributed by atoms with Crippen molar-refractivity contribution in [3.8, 4) is 0 Å². The summed E-state index contributed by atoms with van der Waals surface area (Å²) in [6, 6.07) is 10.9. The maximum atomic E-state index is 12.1. The number of ether oxygens (including phenoxy) is 1. The van der Waals surface area contributed by atoms with Crippen LogP contribution in [0.5, 0.6) is 0 Å². The minimum absolute atomic E-state index is 0.0267. The molecule has 0 aromatic heterocycles. The van der Waals surface area contributed by atoms with Crippen LogP contribution in [-0.2, 0) is 16.1 Å². The Morgan fingerprint density at radius 1 is 1.23 bits per heavy atom. The van der Waals surface area contributed by atoms with Gasteiger partial charge in [0.1, 0.15) is 0 Å². The molecule has 1 saturated heterocycles. The highest BCUT2D eigenvalue weighted by Gasteiger charge is 2.24. The van der Waals surface area contributed by atoms with Gasteiger partial charge in [-0.2, -0.15) is 0 Å². The van der Waals surface area contributed by atoms with E-state index < -0.39 is 0 Å². The van der Waals surface area contributed by atoms with E-state index >= 15 is 0 Å². The average molecular weight is 302 g/mol. The van der Waals surface area contributed by atoms with Crippen LogP contribution >= 0.6 is 0 Å². The number of nitrogens with zero attached hydrogens (tertiary/aromatic N) is 1. The van der Waals surface area contributed by atoms with Gasteiger partial charge in [0.25, 0.3) is 0 Å². The van der Waals surface area contributed by atoms with E-state index in [0.717, 1.165) is 32.5 Å². The molecule has 0 radical (unpaired) electrons. The molecule has 1 heterocycles. The monoisotopic (exact) mass is 302 g/mol. The highest BCUT2D eigenvalue weighted by Crippen LogP contribution is 2.18. The summed E-state index contributed by atoms with van der Waals surface area (Å²) in [7, 11) is 0. The number of carbonyl (C=O) groups excluding carboxylic acids is 1. The van der Waals surface area contributed by atoms with E-state index in [4.69, 9.17) is 4.74 Å². The minimum Gasteiger partial charge on any atom is -0.375 e. The molecule has 1 aliphatic carbocycles. The van der Waals surface area contributed by atoms with Gasteiger partial charge in [-0.1, -0.05) is 43.2 Å². The summed E-state index contributed by atoms with van der Waals surface area (Å²) in [4.78, 5) is 14.5. The maximum absolute atomic E-state index is 12.1. The van der Waals surface area contributed by atoms with E-state index in [1.165, 1.54) is 18.4 Å². The molecule has 2 aliphatic rings. The van der Waals surface area contributed by atoms with Crippen LogP contribution in [0.15, 0.2) is 30.3 Å². The predicted octanol–water partition coefficient (Wildman–Crippen LogP) is 2.34. The molecule has 1 N–H and O–H groups in total. The van der Waals surface area contributed by atoms with Crippen LogP contribution in [0.3, 0.4) is 0 Å². The first kappa shape index (κ1) is 15.5. The maximum Gasteiger partial charge on any atom is 0.222 e. The van der Waals surface area contributed by atoms with E-state index in [2.05, 4.69) is 34.5 Å². The molecule has 1 aromatic carbocycles. The third-order valence-corrected chi connectivity index (χ3v) is 4.61. The van der Waals surface area contributed by atoms with Crippen molar-refractivity contribution >= 4 is 5.91 Å². The van der Waals surface area contributed by atoms with E-state index in [9.17, 15) is 4.79 Å². The van der Waals surface area contributed by atoms with E-state index in [1.807, 2.05) is 6.07 Å². The van der Waals surface area contributed by atoms with Gasteiger partial charge in [-0.05, 0) is 18.4 Å². The van der Waals surface area contributed by atoms with Crippen molar-refractivity contribution in [3.63, 3.8) is 0 Å². The predicted molar refractivity (Wildman–Crippen MR) is 86.5 cm³/mol. The first-order valence-corrected chi connectivity index (χ1v) is 8.47. The van der Waals surface area contributed by atoms with Crippen LogP contribution in [0.25, 0.3) is 0 Å². The molecule has 1 aliphatic heterocycles. The molecule has 4 nitrogen and oxygen atoms in total. The second-order valence-corrected chi connectivity index (χ2v) is 6.47. The van der Waals surface area contributed by atoms with Gasteiger partial charge in [0.2, 0.25) is 5.91 Å². The Bertz CT molecular complexity index is 471. The van der Waals surface area contributed by atoms with E-state index in [0.29, 0.717) is 19.1 Å². The molecule has 1 saturated carbocycles. The van der Waals surface area contributed by atoms with Gasteiger partial charge >= 0.3 is 0 Å². The molecule has 0 spiro atoms. The van der Waals surface area contributed by atoms with Crippen LogP contribution < -0.4 is 5.32 Å². The lowest BCUT2D eigenvalue weighted by atomic mass is 10.1. The normalized spacial score (nSPS) is 23.5. The molecule has 120 valence electrons. The van der Waals surface area contributed by atoms with E-state index in [-0.39, 0.29) is 12.0 Å². The Balaban J connectivity index is 1.44. The van der Waals surface area contributed by atoms with Crippen LogP contribution in [0.1, 0.15) is 37.7 Å². The quantitative estimate of drug-likeness (QED) is 0.907. The zero-order valence-electron chi connectivity index (χ0n) is 13.2. The summed E-state index contributed by atoms with van der Waals surface area (Å²) in [5, 5.41) is 3.15. The van der Waals surface area contributed by atoms with Gasteiger partial charge < -0.3 is 10.1 Å². The number of nitrogens with one attached hydrogen (secondary N) is 1. The Morgan fingerprint density at radius 3 is 2.77 bits per heavy atom. The summed E-state index contributed by atoms with van der Waals surface area (Å²) in [5.74, 6) is 0.151. The number of hydrogen-bond acceptors (Lipinski definition) is 3. The SMILES string of the molecule is O=C(C[C@@H]1CN(Cc2ccccc2)CCO1)NC1CCCC1. The Morgan fingerprint density at radius 2 is 2.00 bits per heavy atom. The summed E-state index contributed by atoms with van der Waals surface area (Å²) in [6.45, 7) is 3.43. The Kier molecular flexibility index (Phi) is 5.46. The van der Waals surface area contributed by atoms with Crippen molar-refractivity contribution in [1.82, 2.24) is 10.2 Å². The van der Waals surface area contributed by atoms with Crippen molar-refractivity contribution in [1.29, 1.82) is 0 Å². The highest BCUT2D eigenvalue weighted by atomic mass is 16.5. The highest BCUT2D eigenvalue weighted by molar-refractivity contribution is 5.76. The fraction of sp³-hybridized carbons (Fsp3) is 0.611. The lowest BCUT2D eigenvalue weighted by Crippen LogP contribution is -2.45. The molecular weight excluding hydrogens is 276 g/mol. The lowest BCUT2D eigenvalue weighted by molar-refractivity contribution is -0.126. The average Bonchev–Trinajstić information content (AvgIpc) is 3.01. The van der Waals surface area contributed by atoms with Crippen LogP contribution in [-0.4, -0.2) is 42.6 Å². The topological polar surface area (TPSA) is 41.6 Å². The van der Waals surface area contributed by atoms with Crippen LogP contribution in [0, 0.1) is 0 Å². The number of amides is 1. The summed E-state index contributed by atoms with van der Waals surface area (Å²) in [5.41, 5.74) is 1.32. The van der Waals surface area contributed by atoms with Gasteiger partial charge in [0.05, 0.1) is 19.1 Å². The van der Waals surface area contributed by atoms with E-state index in [1.54, 1.807) is 0 Å². The first-order chi connectivity index (χ1) is 10.8. The molecular formula is C18H26N2O2. The molecule has 1 amide bonds. The number of rotatable bonds is 5. The fourth-order valence-corrected chi connectivity index (χ4v) is 3.45. The lowest BCUT2D eigenvalue weighted by Gasteiger charge is -2.32. The Labute approximate surface area is 132 Å². The molecule has 4 heteroatoms. The van der Waals surface area contributed by atoms with Crippen molar-refractivity contribution in [3.05, 3.63) is 35.9 Å². The zero-order chi connectivity index (χ0) is 15.2. The molecule has 0 unspecified atom stereocenters. The second-order valence-electron chi connectivity index (χ2n) is 6.47. The van der Waals surface area contributed by atoms with Crippen LogP contribution in [0.2, 0.25) is 0 Å². The number of hydrogen-bond donors (Lipinski definition) is 1. The zero-order valence-corrected chi connectivity index (χ0v) is 13.2. The summed E-state index contributed by atoms with van der Waals surface area (Å²) < 4.78 is 5.78. The van der Waals surface area contributed by atoms with Gasteiger partial charge in [-0.25, -0.2) is 0 Å².